The van der Waals surface area contributed by atoms with E-state index in [1.807, 2.05) is 22.6 Å². The Morgan fingerprint density at radius 1 is 1.25 bits per heavy atom. The van der Waals surface area contributed by atoms with Gasteiger partial charge >= 0.3 is 6.18 Å². The smallest absolute Gasteiger partial charge is 0.320 e. The van der Waals surface area contributed by atoms with Crippen molar-refractivity contribution in [2.75, 3.05) is 0 Å². The van der Waals surface area contributed by atoms with Crippen LogP contribution in [0.3, 0.4) is 0 Å². The first-order valence-corrected chi connectivity index (χ1v) is 6.98. The summed E-state index contributed by atoms with van der Waals surface area (Å²) in [7, 11) is 0. The van der Waals surface area contributed by atoms with Crippen molar-refractivity contribution < 1.29 is 13.2 Å². The number of halogens is 5. The zero-order valence-corrected chi connectivity index (χ0v) is 12.9. The molecule has 1 atom stereocenters. The summed E-state index contributed by atoms with van der Waals surface area (Å²) in [6, 6.07) is 4.92. The summed E-state index contributed by atoms with van der Waals surface area (Å²) in [5, 5.41) is 0.455. The molecule has 0 aliphatic carbocycles. The highest BCUT2D eigenvalue weighted by Crippen LogP contribution is 2.35. The minimum absolute atomic E-state index is 0.0720. The van der Waals surface area contributed by atoms with Gasteiger partial charge in [-0.25, -0.2) is 0 Å². The Bertz CT molecular complexity index is 631. The van der Waals surface area contributed by atoms with Crippen molar-refractivity contribution in [3.63, 3.8) is 0 Å². The van der Waals surface area contributed by atoms with Crippen LogP contribution in [0.25, 0.3) is 0 Å². The third-order valence-electron chi connectivity index (χ3n) is 2.80. The van der Waals surface area contributed by atoms with E-state index >= 15 is 0 Å². The van der Waals surface area contributed by atoms with Gasteiger partial charge < -0.3 is 5.73 Å². The maximum atomic E-state index is 13.0. The standard InChI is InChI=1S/C13H9ClF3IN2/c14-10-5-7(1-2-11(10)18)12(19)8-6-20-4-3-9(8)13(15,16)17/h1-6,12H,19H2. The number of hydrogen-bond acceptors (Lipinski definition) is 2. The molecule has 20 heavy (non-hydrogen) atoms. The molecule has 2 N–H and O–H groups in total. The molecule has 0 aliphatic rings. The zero-order chi connectivity index (χ0) is 14.9. The van der Waals surface area contributed by atoms with Gasteiger partial charge in [0.1, 0.15) is 0 Å². The fraction of sp³-hybridized carbons (Fsp3) is 0.154. The lowest BCUT2D eigenvalue weighted by atomic mass is 9.97. The van der Waals surface area contributed by atoms with Crippen molar-refractivity contribution in [2.45, 2.75) is 12.2 Å². The topological polar surface area (TPSA) is 38.9 Å². The summed E-state index contributed by atoms with van der Waals surface area (Å²) in [6.07, 6.45) is -2.23. The Morgan fingerprint density at radius 3 is 2.55 bits per heavy atom. The van der Waals surface area contributed by atoms with Gasteiger partial charge in [-0.3, -0.25) is 4.98 Å². The van der Waals surface area contributed by atoms with Crippen molar-refractivity contribution in [1.29, 1.82) is 0 Å². The Hall–Kier alpha value is -0.860. The second kappa shape index (κ2) is 5.87. The molecule has 106 valence electrons. The number of alkyl halides is 3. The van der Waals surface area contributed by atoms with Gasteiger partial charge in [0.25, 0.3) is 0 Å². The Morgan fingerprint density at radius 2 is 1.95 bits per heavy atom. The van der Waals surface area contributed by atoms with E-state index in [1.54, 1.807) is 18.2 Å². The maximum Gasteiger partial charge on any atom is 0.416 e. The van der Waals surface area contributed by atoms with Crippen LogP contribution in [0.15, 0.2) is 36.7 Å². The first-order chi connectivity index (χ1) is 9.30. The number of hydrogen-bond donors (Lipinski definition) is 1. The monoisotopic (exact) mass is 412 g/mol. The fourth-order valence-electron chi connectivity index (χ4n) is 1.80. The lowest BCUT2D eigenvalue weighted by Crippen LogP contribution is -2.18. The first-order valence-electron chi connectivity index (χ1n) is 5.52. The summed E-state index contributed by atoms with van der Waals surface area (Å²) < 4.78 is 39.7. The van der Waals surface area contributed by atoms with E-state index in [0.717, 1.165) is 22.0 Å². The van der Waals surface area contributed by atoms with Crippen LogP contribution in [-0.2, 0) is 6.18 Å². The highest BCUT2D eigenvalue weighted by atomic mass is 127. The highest BCUT2D eigenvalue weighted by molar-refractivity contribution is 14.1. The third kappa shape index (κ3) is 3.24. The molecule has 1 aromatic carbocycles. The molecule has 0 saturated carbocycles. The van der Waals surface area contributed by atoms with E-state index in [0.29, 0.717) is 10.6 Å². The van der Waals surface area contributed by atoms with E-state index in [4.69, 9.17) is 17.3 Å². The van der Waals surface area contributed by atoms with Crippen LogP contribution in [0.4, 0.5) is 13.2 Å². The molecule has 0 aliphatic heterocycles. The molecule has 0 radical (unpaired) electrons. The zero-order valence-electron chi connectivity index (χ0n) is 9.96. The largest absolute Gasteiger partial charge is 0.416 e. The molecular formula is C13H9ClF3IN2. The van der Waals surface area contributed by atoms with E-state index in [1.165, 1.54) is 0 Å². The number of benzene rings is 1. The Balaban J connectivity index is 2.48. The molecule has 7 heteroatoms. The van der Waals surface area contributed by atoms with Crippen LogP contribution in [0.5, 0.6) is 0 Å². The molecule has 2 aromatic rings. The van der Waals surface area contributed by atoms with Crippen molar-refractivity contribution in [3.05, 3.63) is 61.9 Å². The molecule has 1 aromatic heterocycles. The highest BCUT2D eigenvalue weighted by Gasteiger charge is 2.34. The molecular weight excluding hydrogens is 404 g/mol. The Labute approximate surface area is 132 Å². The molecule has 1 unspecified atom stereocenters. The lowest BCUT2D eigenvalue weighted by Gasteiger charge is -2.18. The van der Waals surface area contributed by atoms with Crippen molar-refractivity contribution in [3.8, 4) is 0 Å². The molecule has 0 spiro atoms. The van der Waals surface area contributed by atoms with Gasteiger partial charge in [0.15, 0.2) is 0 Å². The lowest BCUT2D eigenvalue weighted by molar-refractivity contribution is -0.138. The van der Waals surface area contributed by atoms with Gasteiger partial charge in [-0.05, 0) is 46.4 Å². The van der Waals surface area contributed by atoms with Gasteiger partial charge in [-0.2, -0.15) is 13.2 Å². The summed E-state index contributed by atoms with van der Waals surface area (Å²) in [5.74, 6) is 0. The van der Waals surface area contributed by atoms with Gasteiger partial charge in [0.2, 0.25) is 0 Å². The molecule has 1 heterocycles. The van der Waals surface area contributed by atoms with Gasteiger partial charge in [-0.1, -0.05) is 17.7 Å². The third-order valence-corrected chi connectivity index (χ3v) is 4.37. The first kappa shape index (κ1) is 15.5. The summed E-state index contributed by atoms with van der Waals surface area (Å²) >= 11 is 8.01. The summed E-state index contributed by atoms with van der Waals surface area (Å²) in [4.78, 5) is 3.73. The normalized spacial score (nSPS) is 13.3. The number of rotatable bonds is 2. The average Bonchev–Trinajstić information content (AvgIpc) is 2.40. The van der Waals surface area contributed by atoms with Crippen molar-refractivity contribution in [2.24, 2.45) is 5.73 Å². The van der Waals surface area contributed by atoms with E-state index in [2.05, 4.69) is 4.98 Å². The second-order valence-corrected chi connectivity index (χ2v) is 5.68. The average molecular weight is 413 g/mol. The number of aromatic nitrogens is 1. The second-order valence-electron chi connectivity index (χ2n) is 4.11. The number of pyridine rings is 1. The van der Waals surface area contributed by atoms with Crippen LogP contribution in [0.1, 0.15) is 22.7 Å². The Kier molecular flexibility index (Phi) is 4.55. The quantitative estimate of drug-likeness (QED) is 0.742. The predicted molar refractivity (Wildman–Crippen MR) is 79.4 cm³/mol. The molecule has 0 saturated heterocycles. The molecule has 0 amide bonds. The van der Waals surface area contributed by atoms with E-state index < -0.39 is 17.8 Å². The minimum Gasteiger partial charge on any atom is -0.320 e. The SMILES string of the molecule is NC(c1ccc(I)c(Cl)c1)c1cnccc1C(F)(F)F. The summed E-state index contributed by atoms with van der Waals surface area (Å²) in [5.41, 5.74) is 5.59. The van der Waals surface area contributed by atoms with E-state index in [9.17, 15) is 13.2 Å². The molecule has 2 rings (SSSR count). The van der Waals surface area contributed by atoms with Crippen LogP contribution in [0.2, 0.25) is 5.02 Å². The summed E-state index contributed by atoms with van der Waals surface area (Å²) in [6.45, 7) is 0. The van der Waals surface area contributed by atoms with E-state index in [-0.39, 0.29) is 5.56 Å². The molecule has 0 bridgehead atoms. The number of nitrogens with zero attached hydrogens (tertiary/aromatic N) is 1. The van der Waals surface area contributed by atoms with Crippen LogP contribution < -0.4 is 5.73 Å². The van der Waals surface area contributed by atoms with Gasteiger partial charge in [0, 0.05) is 21.5 Å². The number of nitrogens with two attached hydrogens (primary N) is 1. The fourth-order valence-corrected chi connectivity index (χ4v) is 2.32. The van der Waals surface area contributed by atoms with Crippen molar-refractivity contribution >= 4 is 34.2 Å². The molecule has 0 fully saturated rings. The van der Waals surface area contributed by atoms with Crippen molar-refractivity contribution in [1.82, 2.24) is 4.98 Å². The molecule has 2 nitrogen and oxygen atoms in total. The van der Waals surface area contributed by atoms with Crippen LogP contribution in [-0.4, -0.2) is 4.98 Å². The minimum atomic E-state index is -4.47. The van der Waals surface area contributed by atoms with Crippen LogP contribution >= 0.6 is 34.2 Å². The van der Waals surface area contributed by atoms with Gasteiger partial charge in [-0.15, -0.1) is 0 Å². The predicted octanol–water partition coefficient (Wildman–Crippen LogP) is 4.41. The maximum absolute atomic E-state index is 13.0. The van der Waals surface area contributed by atoms with Crippen LogP contribution in [0, 0.1) is 3.57 Å². The van der Waals surface area contributed by atoms with Gasteiger partial charge in [0.05, 0.1) is 16.6 Å².